The SMILES string of the molecule is CCOc1nc(N)nc(-c2ccccc2Br)n1. The van der Waals surface area contributed by atoms with Crippen LogP contribution in [0.25, 0.3) is 11.4 Å². The molecule has 0 saturated heterocycles. The van der Waals surface area contributed by atoms with Gasteiger partial charge < -0.3 is 10.5 Å². The first kappa shape index (κ1) is 11.8. The first-order valence-electron chi connectivity index (χ1n) is 5.10. The van der Waals surface area contributed by atoms with E-state index in [1.165, 1.54) is 0 Å². The fourth-order valence-electron chi connectivity index (χ4n) is 1.33. The number of anilines is 1. The lowest BCUT2D eigenvalue weighted by Crippen LogP contribution is -2.04. The molecule has 17 heavy (non-hydrogen) atoms. The van der Waals surface area contributed by atoms with Crippen LogP contribution in [-0.4, -0.2) is 21.6 Å². The smallest absolute Gasteiger partial charge is 0.321 e. The minimum atomic E-state index is 0.147. The number of hydrogen-bond donors (Lipinski definition) is 1. The Morgan fingerprint density at radius 1 is 1.24 bits per heavy atom. The Bertz CT molecular complexity index is 533. The summed E-state index contributed by atoms with van der Waals surface area (Å²) in [5.41, 5.74) is 6.47. The molecule has 0 bridgehead atoms. The van der Waals surface area contributed by atoms with E-state index in [4.69, 9.17) is 10.5 Å². The number of hydrogen-bond acceptors (Lipinski definition) is 5. The Kier molecular flexibility index (Phi) is 3.53. The highest BCUT2D eigenvalue weighted by Crippen LogP contribution is 2.26. The number of nitrogens with zero attached hydrogens (tertiary/aromatic N) is 3. The van der Waals surface area contributed by atoms with Gasteiger partial charge in [0.05, 0.1) is 6.61 Å². The van der Waals surface area contributed by atoms with Gasteiger partial charge in [-0.3, -0.25) is 0 Å². The molecule has 0 aliphatic heterocycles. The van der Waals surface area contributed by atoms with Crippen LogP contribution < -0.4 is 10.5 Å². The lowest BCUT2D eigenvalue weighted by Gasteiger charge is -2.06. The molecule has 2 aromatic rings. The van der Waals surface area contributed by atoms with E-state index in [-0.39, 0.29) is 12.0 Å². The standard InChI is InChI=1S/C11H11BrN4O/c1-2-17-11-15-9(14-10(13)16-11)7-5-3-4-6-8(7)12/h3-6H,2H2,1H3,(H2,13,14,15,16). The van der Waals surface area contributed by atoms with Crippen LogP contribution in [0, 0.1) is 0 Å². The summed E-state index contributed by atoms with van der Waals surface area (Å²) >= 11 is 3.44. The number of halogens is 1. The molecule has 0 amide bonds. The minimum Gasteiger partial charge on any atom is -0.464 e. The highest BCUT2D eigenvalue weighted by atomic mass is 79.9. The third-order valence-electron chi connectivity index (χ3n) is 2.02. The van der Waals surface area contributed by atoms with E-state index >= 15 is 0 Å². The Labute approximate surface area is 107 Å². The molecule has 0 aliphatic rings. The van der Waals surface area contributed by atoms with Crippen molar-refractivity contribution in [3.05, 3.63) is 28.7 Å². The monoisotopic (exact) mass is 294 g/mol. The topological polar surface area (TPSA) is 73.9 Å². The molecule has 5 nitrogen and oxygen atoms in total. The van der Waals surface area contributed by atoms with Crippen molar-refractivity contribution in [2.45, 2.75) is 6.92 Å². The first-order valence-corrected chi connectivity index (χ1v) is 5.89. The molecule has 88 valence electrons. The van der Waals surface area contributed by atoms with Gasteiger partial charge in [0.1, 0.15) is 0 Å². The molecule has 6 heteroatoms. The van der Waals surface area contributed by atoms with Crippen molar-refractivity contribution in [2.75, 3.05) is 12.3 Å². The van der Waals surface area contributed by atoms with Gasteiger partial charge in [-0.25, -0.2) is 0 Å². The summed E-state index contributed by atoms with van der Waals surface area (Å²) in [6, 6.07) is 7.87. The zero-order chi connectivity index (χ0) is 12.3. The normalized spacial score (nSPS) is 10.2. The fraction of sp³-hybridized carbons (Fsp3) is 0.182. The molecule has 0 saturated carbocycles. The zero-order valence-corrected chi connectivity index (χ0v) is 10.8. The van der Waals surface area contributed by atoms with E-state index in [1.54, 1.807) is 0 Å². The number of rotatable bonds is 3. The van der Waals surface area contributed by atoms with Crippen molar-refractivity contribution in [1.29, 1.82) is 0 Å². The van der Waals surface area contributed by atoms with Crippen LogP contribution in [-0.2, 0) is 0 Å². The van der Waals surface area contributed by atoms with Crippen LogP contribution in [0.3, 0.4) is 0 Å². The molecular weight excluding hydrogens is 284 g/mol. The molecule has 0 spiro atoms. The minimum absolute atomic E-state index is 0.147. The highest BCUT2D eigenvalue weighted by molar-refractivity contribution is 9.10. The van der Waals surface area contributed by atoms with Gasteiger partial charge in [0.25, 0.3) is 0 Å². The summed E-state index contributed by atoms with van der Waals surface area (Å²) in [6.07, 6.45) is 0. The maximum Gasteiger partial charge on any atom is 0.321 e. The van der Waals surface area contributed by atoms with Gasteiger partial charge in [0.2, 0.25) is 5.95 Å². The molecule has 0 aliphatic carbocycles. The summed E-state index contributed by atoms with van der Waals surface area (Å²) in [4.78, 5) is 12.2. The van der Waals surface area contributed by atoms with Gasteiger partial charge in [-0.2, -0.15) is 15.0 Å². The van der Waals surface area contributed by atoms with Crippen molar-refractivity contribution in [2.24, 2.45) is 0 Å². The van der Waals surface area contributed by atoms with Crippen molar-refractivity contribution in [3.8, 4) is 17.4 Å². The lowest BCUT2D eigenvalue weighted by atomic mass is 10.2. The summed E-state index contributed by atoms with van der Waals surface area (Å²) in [5.74, 6) is 0.641. The molecule has 2 N–H and O–H groups in total. The summed E-state index contributed by atoms with van der Waals surface area (Å²) < 4.78 is 6.13. The molecule has 1 aromatic carbocycles. The summed E-state index contributed by atoms with van der Waals surface area (Å²) in [7, 11) is 0. The lowest BCUT2D eigenvalue weighted by molar-refractivity contribution is 0.312. The molecule has 1 heterocycles. The quantitative estimate of drug-likeness (QED) is 0.940. The van der Waals surface area contributed by atoms with Gasteiger partial charge >= 0.3 is 6.01 Å². The van der Waals surface area contributed by atoms with Crippen LogP contribution in [0.4, 0.5) is 5.95 Å². The molecule has 1 aromatic heterocycles. The number of nitrogen functional groups attached to an aromatic ring is 1. The van der Waals surface area contributed by atoms with E-state index in [9.17, 15) is 0 Å². The second kappa shape index (κ2) is 5.09. The van der Waals surface area contributed by atoms with E-state index in [0.29, 0.717) is 12.4 Å². The molecule has 0 unspecified atom stereocenters. The zero-order valence-electron chi connectivity index (χ0n) is 9.22. The molecule has 0 radical (unpaired) electrons. The van der Waals surface area contributed by atoms with Crippen molar-refractivity contribution >= 4 is 21.9 Å². The maximum absolute atomic E-state index is 5.62. The van der Waals surface area contributed by atoms with Crippen LogP contribution in [0.5, 0.6) is 6.01 Å². The Hall–Kier alpha value is -1.69. The summed E-state index contributed by atoms with van der Waals surface area (Å²) in [5, 5.41) is 0. The number of ether oxygens (including phenoxy) is 1. The molecular formula is C11H11BrN4O. The van der Waals surface area contributed by atoms with Gasteiger partial charge in [0.15, 0.2) is 5.82 Å². The number of benzene rings is 1. The van der Waals surface area contributed by atoms with E-state index in [1.807, 2.05) is 31.2 Å². The average Bonchev–Trinajstić information content (AvgIpc) is 2.29. The van der Waals surface area contributed by atoms with Crippen LogP contribution >= 0.6 is 15.9 Å². The van der Waals surface area contributed by atoms with E-state index in [0.717, 1.165) is 10.0 Å². The van der Waals surface area contributed by atoms with Crippen molar-refractivity contribution in [1.82, 2.24) is 15.0 Å². The van der Waals surface area contributed by atoms with Gasteiger partial charge in [-0.1, -0.05) is 34.1 Å². The molecule has 0 fully saturated rings. The maximum atomic E-state index is 5.62. The highest BCUT2D eigenvalue weighted by Gasteiger charge is 2.09. The number of nitrogens with two attached hydrogens (primary N) is 1. The molecule has 2 rings (SSSR count). The fourth-order valence-corrected chi connectivity index (χ4v) is 1.79. The Balaban J connectivity index is 2.48. The van der Waals surface area contributed by atoms with Gasteiger partial charge in [0, 0.05) is 10.0 Å². The van der Waals surface area contributed by atoms with Gasteiger partial charge in [-0.15, -0.1) is 0 Å². The predicted molar refractivity (Wildman–Crippen MR) is 68.5 cm³/mol. The Morgan fingerprint density at radius 2 is 2.00 bits per heavy atom. The number of aromatic nitrogens is 3. The van der Waals surface area contributed by atoms with Crippen LogP contribution in [0.15, 0.2) is 28.7 Å². The predicted octanol–water partition coefficient (Wildman–Crippen LogP) is 2.28. The average molecular weight is 295 g/mol. The van der Waals surface area contributed by atoms with Crippen molar-refractivity contribution in [3.63, 3.8) is 0 Å². The van der Waals surface area contributed by atoms with E-state index in [2.05, 4.69) is 30.9 Å². The largest absolute Gasteiger partial charge is 0.464 e. The van der Waals surface area contributed by atoms with E-state index < -0.39 is 0 Å². The molecule has 0 atom stereocenters. The Morgan fingerprint density at radius 3 is 2.71 bits per heavy atom. The second-order valence-electron chi connectivity index (χ2n) is 3.21. The summed E-state index contributed by atoms with van der Waals surface area (Å²) in [6.45, 7) is 2.34. The first-order chi connectivity index (χ1) is 8.20. The van der Waals surface area contributed by atoms with Crippen molar-refractivity contribution < 1.29 is 4.74 Å². The van der Waals surface area contributed by atoms with Crippen LogP contribution in [0.2, 0.25) is 0 Å². The third kappa shape index (κ3) is 2.71. The van der Waals surface area contributed by atoms with Gasteiger partial charge in [-0.05, 0) is 13.0 Å². The van der Waals surface area contributed by atoms with Crippen LogP contribution in [0.1, 0.15) is 6.92 Å². The third-order valence-corrected chi connectivity index (χ3v) is 2.71. The second-order valence-corrected chi connectivity index (χ2v) is 4.07.